The number of amides is 1. The molecule has 2 N–H and O–H groups in total. The van der Waals surface area contributed by atoms with E-state index in [2.05, 4.69) is 21.2 Å². The Bertz CT molecular complexity index is 68.7. The molecule has 0 aliphatic heterocycles. The molecule has 0 aromatic heterocycles. The molecule has 0 heterocycles. The van der Waals surface area contributed by atoms with Crippen LogP contribution >= 0.6 is 15.9 Å². The maximum Gasteiger partial charge on any atom is 0.392 e. The van der Waals surface area contributed by atoms with Gasteiger partial charge in [-0.25, -0.2) is 4.79 Å². The second-order valence-corrected chi connectivity index (χ2v) is 1.71. The van der Waals surface area contributed by atoms with Crippen LogP contribution in [0.2, 0.25) is 0 Å². The highest BCUT2D eigenvalue weighted by molar-refractivity contribution is 9.09. The van der Waals surface area contributed by atoms with E-state index in [1.54, 1.807) is 0 Å². The van der Waals surface area contributed by atoms with Crippen molar-refractivity contribution in [3.8, 4) is 0 Å². The number of carboxylic acid groups (broad SMARTS) is 1. The zero-order chi connectivity index (χ0) is 5.70. The highest BCUT2D eigenvalue weighted by Gasteiger charge is 1.90. The fourth-order valence-electron chi connectivity index (χ4n) is 0.154. The van der Waals surface area contributed by atoms with Gasteiger partial charge in [0, 0.05) is 0 Å². The van der Waals surface area contributed by atoms with Gasteiger partial charge in [-0.2, -0.15) is 0 Å². The standard InChI is InChI=1S/C2H5BBrNO2/c4-1-3-5-2(6)7/h3,5H,1H2,(H,6,7). The number of hydrogen-bond donors (Lipinski definition) is 2. The summed E-state index contributed by atoms with van der Waals surface area (Å²) in [5.74, 6) is 0. The van der Waals surface area contributed by atoms with E-state index in [-0.39, 0.29) is 0 Å². The van der Waals surface area contributed by atoms with Crippen LogP contribution in [0, 0.1) is 0 Å². The lowest BCUT2D eigenvalue weighted by Gasteiger charge is -1.88. The van der Waals surface area contributed by atoms with Gasteiger partial charge in [-0.3, -0.25) is 0 Å². The molecule has 0 spiro atoms. The minimum Gasteiger partial charge on any atom is -0.466 e. The third-order valence-corrected chi connectivity index (χ3v) is 0.767. The highest BCUT2D eigenvalue weighted by Crippen LogP contribution is 1.70. The maximum atomic E-state index is 9.63. The van der Waals surface area contributed by atoms with Crippen LogP contribution in [-0.4, -0.2) is 23.8 Å². The van der Waals surface area contributed by atoms with Gasteiger partial charge >= 0.3 is 6.09 Å². The smallest absolute Gasteiger partial charge is 0.392 e. The summed E-state index contributed by atoms with van der Waals surface area (Å²) in [6.07, 6.45) is -0.973. The van der Waals surface area contributed by atoms with Crippen LogP contribution < -0.4 is 5.23 Å². The Kier molecular flexibility index (Phi) is 3.88. The SMILES string of the molecule is O=C(O)NBCBr. The normalized spacial score (nSPS) is 7.57. The Labute approximate surface area is 50.5 Å². The lowest BCUT2D eigenvalue weighted by Crippen LogP contribution is -2.26. The Morgan fingerprint density at radius 1 is 2.00 bits per heavy atom. The summed E-state index contributed by atoms with van der Waals surface area (Å²) in [6, 6.07) is 0. The van der Waals surface area contributed by atoms with Crippen molar-refractivity contribution < 1.29 is 9.90 Å². The predicted octanol–water partition coefficient (Wildman–Crippen LogP) is -0.0421. The largest absolute Gasteiger partial charge is 0.466 e. The van der Waals surface area contributed by atoms with Crippen molar-refractivity contribution in [2.45, 2.75) is 0 Å². The van der Waals surface area contributed by atoms with Crippen molar-refractivity contribution in [2.75, 3.05) is 5.23 Å². The molecule has 0 unspecified atom stereocenters. The molecular formula is C2H5BBrNO2. The van der Waals surface area contributed by atoms with E-state index in [1.807, 2.05) is 0 Å². The average molecular weight is 166 g/mol. The van der Waals surface area contributed by atoms with E-state index >= 15 is 0 Å². The summed E-state index contributed by atoms with van der Waals surface area (Å²) in [5.41, 5.74) is 0. The monoisotopic (exact) mass is 165 g/mol. The first-order valence-corrected chi connectivity index (χ1v) is 2.92. The summed E-state index contributed by atoms with van der Waals surface area (Å²) in [6.45, 7) is 0. The maximum absolute atomic E-state index is 9.63. The molecule has 0 aliphatic carbocycles. The Morgan fingerprint density at radius 2 is 2.57 bits per heavy atom. The molecule has 0 fully saturated rings. The van der Waals surface area contributed by atoms with Crippen molar-refractivity contribution in [3.05, 3.63) is 0 Å². The quantitative estimate of drug-likeness (QED) is 0.446. The fraction of sp³-hybridized carbons (Fsp3) is 0.500. The third-order valence-electron chi connectivity index (χ3n) is 0.371. The highest BCUT2D eigenvalue weighted by atomic mass is 79.9. The number of halogens is 1. The van der Waals surface area contributed by atoms with Crippen molar-refractivity contribution in [2.24, 2.45) is 0 Å². The van der Waals surface area contributed by atoms with E-state index in [1.165, 1.54) is 0 Å². The lowest BCUT2D eigenvalue weighted by atomic mass is 10.0. The first-order chi connectivity index (χ1) is 3.27. The van der Waals surface area contributed by atoms with E-state index in [9.17, 15) is 4.79 Å². The van der Waals surface area contributed by atoms with Crippen LogP contribution in [0.15, 0.2) is 0 Å². The topological polar surface area (TPSA) is 49.3 Å². The molecule has 40 valence electrons. The molecule has 0 aromatic carbocycles. The molecule has 0 saturated carbocycles. The molecule has 0 saturated heterocycles. The van der Waals surface area contributed by atoms with Crippen molar-refractivity contribution in [3.63, 3.8) is 0 Å². The molecule has 0 rings (SSSR count). The van der Waals surface area contributed by atoms with E-state index < -0.39 is 6.09 Å². The van der Waals surface area contributed by atoms with Gasteiger partial charge in [-0.15, -0.1) is 0 Å². The second kappa shape index (κ2) is 3.99. The lowest BCUT2D eigenvalue weighted by molar-refractivity contribution is 0.201. The first-order valence-electron chi connectivity index (χ1n) is 1.80. The molecule has 3 nitrogen and oxygen atoms in total. The zero-order valence-electron chi connectivity index (χ0n) is 3.65. The third kappa shape index (κ3) is 5.81. The molecule has 5 heteroatoms. The van der Waals surface area contributed by atoms with E-state index in [0.29, 0.717) is 12.6 Å². The van der Waals surface area contributed by atoms with Crippen molar-refractivity contribution in [1.82, 2.24) is 5.23 Å². The van der Waals surface area contributed by atoms with Gasteiger partial charge in [0.25, 0.3) is 7.41 Å². The number of carbonyl (C=O) groups is 1. The fourth-order valence-corrected chi connectivity index (χ4v) is 0.352. The molecule has 0 aliphatic rings. The van der Waals surface area contributed by atoms with Gasteiger partial charge in [-0.1, -0.05) is 15.9 Å². The summed E-state index contributed by atoms with van der Waals surface area (Å²) in [7, 11) is 0.468. The Balaban J connectivity index is 2.82. The van der Waals surface area contributed by atoms with Gasteiger partial charge in [0.1, 0.15) is 0 Å². The molecule has 7 heavy (non-hydrogen) atoms. The van der Waals surface area contributed by atoms with Gasteiger partial charge in [0.05, 0.1) is 0 Å². The van der Waals surface area contributed by atoms with Gasteiger partial charge in [0.2, 0.25) is 0 Å². The van der Waals surface area contributed by atoms with Crippen LogP contribution in [0.1, 0.15) is 0 Å². The Hall–Kier alpha value is -0.185. The number of alkyl halides is 1. The minimum atomic E-state index is -0.973. The molecule has 1 amide bonds. The predicted molar refractivity (Wildman–Crippen MR) is 32.1 cm³/mol. The van der Waals surface area contributed by atoms with E-state index in [0.717, 1.165) is 0 Å². The van der Waals surface area contributed by atoms with Crippen LogP contribution in [0.3, 0.4) is 0 Å². The minimum absolute atomic E-state index is 0.468. The molecule has 0 atom stereocenters. The second-order valence-electron chi connectivity index (χ2n) is 0.921. The zero-order valence-corrected chi connectivity index (χ0v) is 5.23. The molecular weight excluding hydrogens is 161 g/mol. The molecule has 0 aromatic rings. The number of nitrogens with one attached hydrogen (secondary N) is 1. The van der Waals surface area contributed by atoms with Gasteiger partial charge in [0.15, 0.2) is 0 Å². The van der Waals surface area contributed by atoms with Crippen LogP contribution in [0.5, 0.6) is 0 Å². The number of hydrogen-bond acceptors (Lipinski definition) is 1. The van der Waals surface area contributed by atoms with Crippen molar-refractivity contribution in [1.29, 1.82) is 0 Å². The first kappa shape index (κ1) is 6.81. The van der Waals surface area contributed by atoms with Crippen LogP contribution in [-0.2, 0) is 0 Å². The average Bonchev–Trinajstić information content (AvgIpc) is 1.61. The summed E-state index contributed by atoms with van der Waals surface area (Å²) in [4.78, 5) is 9.63. The Morgan fingerprint density at radius 3 is 2.71 bits per heavy atom. The number of rotatable bonds is 2. The van der Waals surface area contributed by atoms with E-state index in [4.69, 9.17) is 5.11 Å². The van der Waals surface area contributed by atoms with Gasteiger partial charge in [-0.05, 0) is 5.23 Å². The van der Waals surface area contributed by atoms with Crippen molar-refractivity contribution >= 4 is 29.4 Å². The van der Waals surface area contributed by atoms with Crippen LogP contribution in [0.4, 0.5) is 4.79 Å². The summed E-state index contributed by atoms with van der Waals surface area (Å²) < 4.78 is 0. The molecule has 0 bridgehead atoms. The summed E-state index contributed by atoms with van der Waals surface area (Å²) in [5, 5.41) is 10.7. The van der Waals surface area contributed by atoms with Crippen LogP contribution in [0.25, 0.3) is 0 Å². The molecule has 0 radical (unpaired) electrons. The van der Waals surface area contributed by atoms with Gasteiger partial charge < -0.3 is 10.3 Å². The summed E-state index contributed by atoms with van der Waals surface area (Å²) >= 11 is 3.05.